The van der Waals surface area contributed by atoms with Crippen LogP contribution in [-0.4, -0.2) is 42.5 Å². The number of carbonyl (C=O) groups is 1. The highest BCUT2D eigenvalue weighted by Gasteiger charge is 2.34. The van der Waals surface area contributed by atoms with Crippen molar-refractivity contribution in [2.45, 2.75) is 31.3 Å². The van der Waals surface area contributed by atoms with Crippen molar-refractivity contribution in [2.75, 3.05) is 19.6 Å². The Labute approximate surface area is 78.5 Å². The summed E-state index contributed by atoms with van der Waals surface area (Å²) in [5.74, 6) is -0.149. The quantitative estimate of drug-likeness (QED) is 0.595. The van der Waals surface area contributed by atoms with Crippen LogP contribution in [0.15, 0.2) is 0 Å². The minimum Gasteiger partial charge on any atom is -0.368 e. The Morgan fingerprint density at radius 3 is 2.92 bits per heavy atom. The number of nitrogens with two attached hydrogens (primary N) is 1. The van der Waals surface area contributed by atoms with Crippen molar-refractivity contribution in [3.63, 3.8) is 0 Å². The molecule has 3 N–H and O–H groups in total. The van der Waals surface area contributed by atoms with Crippen molar-refractivity contribution >= 4 is 5.91 Å². The molecule has 0 bridgehead atoms. The number of primary amides is 1. The van der Waals surface area contributed by atoms with Gasteiger partial charge in [0.2, 0.25) is 5.91 Å². The van der Waals surface area contributed by atoms with Crippen LogP contribution in [-0.2, 0) is 4.79 Å². The summed E-state index contributed by atoms with van der Waals surface area (Å²) in [7, 11) is 0. The lowest BCUT2D eigenvalue weighted by molar-refractivity contribution is -0.122. The maximum absolute atomic E-state index is 11.1. The molecule has 2 unspecified atom stereocenters. The Morgan fingerprint density at radius 1 is 1.46 bits per heavy atom. The second kappa shape index (κ2) is 3.64. The normalized spacial score (nSPS) is 35.4. The van der Waals surface area contributed by atoms with Crippen molar-refractivity contribution in [1.29, 1.82) is 0 Å². The number of nitrogens with zero attached hydrogens (tertiary/aromatic N) is 1. The number of amides is 1. The first-order valence-corrected chi connectivity index (χ1v) is 5.05. The van der Waals surface area contributed by atoms with E-state index >= 15 is 0 Å². The molecule has 0 aromatic heterocycles. The topological polar surface area (TPSA) is 58.4 Å². The molecule has 2 atom stereocenters. The van der Waals surface area contributed by atoms with Crippen molar-refractivity contribution < 1.29 is 4.79 Å². The van der Waals surface area contributed by atoms with Gasteiger partial charge in [0.05, 0.1) is 6.04 Å². The molecule has 0 aliphatic carbocycles. The highest BCUT2D eigenvalue weighted by atomic mass is 16.1. The fourth-order valence-corrected chi connectivity index (χ4v) is 2.45. The number of likely N-dealkylation sites (tertiary alicyclic amines) is 1. The first kappa shape index (κ1) is 8.97. The lowest BCUT2D eigenvalue weighted by atomic mass is 10.1. The molecule has 0 spiro atoms. The van der Waals surface area contributed by atoms with Crippen molar-refractivity contribution in [3.05, 3.63) is 0 Å². The van der Waals surface area contributed by atoms with Crippen LogP contribution in [0, 0.1) is 0 Å². The Balaban J connectivity index is 2.00. The van der Waals surface area contributed by atoms with Gasteiger partial charge in [-0.1, -0.05) is 0 Å². The van der Waals surface area contributed by atoms with E-state index < -0.39 is 0 Å². The number of nitrogens with one attached hydrogen (secondary N) is 1. The summed E-state index contributed by atoms with van der Waals surface area (Å²) in [6.45, 7) is 3.14. The average Bonchev–Trinajstić information content (AvgIpc) is 2.74. The summed E-state index contributed by atoms with van der Waals surface area (Å²) in [6, 6.07) is 0.546. The Morgan fingerprint density at radius 2 is 2.31 bits per heavy atom. The second-order valence-electron chi connectivity index (χ2n) is 3.94. The van der Waals surface area contributed by atoms with Gasteiger partial charge in [-0.3, -0.25) is 9.69 Å². The molecule has 2 rings (SSSR count). The van der Waals surface area contributed by atoms with Gasteiger partial charge in [0.1, 0.15) is 0 Å². The molecule has 0 saturated carbocycles. The maximum Gasteiger partial charge on any atom is 0.234 e. The summed E-state index contributed by atoms with van der Waals surface area (Å²) in [5, 5.41) is 3.31. The number of hydrogen-bond acceptors (Lipinski definition) is 3. The monoisotopic (exact) mass is 183 g/mol. The SMILES string of the molecule is NC(=O)C1CCCN1C1CCNC1. The predicted octanol–water partition coefficient (Wildman–Crippen LogP) is -0.702. The molecule has 0 aromatic carbocycles. The minimum atomic E-state index is -0.149. The molecule has 4 heteroatoms. The molecule has 0 radical (unpaired) electrons. The highest BCUT2D eigenvalue weighted by molar-refractivity contribution is 5.80. The molecule has 2 aliphatic heterocycles. The lowest BCUT2D eigenvalue weighted by Gasteiger charge is -2.27. The van der Waals surface area contributed by atoms with E-state index in [-0.39, 0.29) is 11.9 Å². The van der Waals surface area contributed by atoms with Crippen LogP contribution in [0.2, 0.25) is 0 Å². The fourth-order valence-electron chi connectivity index (χ4n) is 2.45. The molecule has 2 fully saturated rings. The van der Waals surface area contributed by atoms with E-state index in [0.717, 1.165) is 38.9 Å². The van der Waals surface area contributed by atoms with Gasteiger partial charge in [-0.25, -0.2) is 0 Å². The Kier molecular flexibility index (Phi) is 2.51. The number of rotatable bonds is 2. The van der Waals surface area contributed by atoms with E-state index in [1.165, 1.54) is 0 Å². The van der Waals surface area contributed by atoms with Crippen LogP contribution in [0.4, 0.5) is 0 Å². The molecule has 4 nitrogen and oxygen atoms in total. The summed E-state index contributed by atoms with van der Waals surface area (Å²) >= 11 is 0. The predicted molar refractivity (Wildman–Crippen MR) is 50.2 cm³/mol. The van der Waals surface area contributed by atoms with Crippen LogP contribution >= 0.6 is 0 Å². The molecular formula is C9H17N3O. The Bertz CT molecular complexity index is 201. The van der Waals surface area contributed by atoms with E-state index in [4.69, 9.17) is 5.73 Å². The molecule has 74 valence electrons. The number of hydrogen-bond donors (Lipinski definition) is 2. The van der Waals surface area contributed by atoms with Crippen LogP contribution < -0.4 is 11.1 Å². The Hall–Kier alpha value is -0.610. The minimum absolute atomic E-state index is 0.00454. The van der Waals surface area contributed by atoms with Gasteiger partial charge in [0, 0.05) is 12.6 Å². The summed E-state index contributed by atoms with van der Waals surface area (Å²) in [4.78, 5) is 13.4. The third kappa shape index (κ3) is 1.69. The van der Waals surface area contributed by atoms with E-state index in [0.29, 0.717) is 6.04 Å². The zero-order chi connectivity index (χ0) is 9.26. The molecule has 1 amide bonds. The second-order valence-corrected chi connectivity index (χ2v) is 3.94. The zero-order valence-corrected chi connectivity index (χ0v) is 7.83. The largest absolute Gasteiger partial charge is 0.368 e. The van der Waals surface area contributed by atoms with E-state index in [1.807, 2.05) is 0 Å². The average molecular weight is 183 g/mol. The van der Waals surface area contributed by atoms with Crippen LogP contribution in [0.3, 0.4) is 0 Å². The molecule has 2 aliphatic rings. The van der Waals surface area contributed by atoms with Crippen LogP contribution in [0.25, 0.3) is 0 Å². The smallest absolute Gasteiger partial charge is 0.234 e. The van der Waals surface area contributed by atoms with Gasteiger partial charge >= 0.3 is 0 Å². The first-order valence-electron chi connectivity index (χ1n) is 5.05. The molecule has 2 saturated heterocycles. The summed E-state index contributed by atoms with van der Waals surface area (Å²) < 4.78 is 0. The van der Waals surface area contributed by atoms with Crippen LogP contribution in [0.5, 0.6) is 0 Å². The van der Waals surface area contributed by atoms with Crippen LogP contribution in [0.1, 0.15) is 19.3 Å². The van der Waals surface area contributed by atoms with Gasteiger partial charge in [-0.15, -0.1) is 0 Å². The van der Waals surface area contributed by atoms with E-state index in [2.05, 4.69) is 10.2 Å². The molecule has 13 heavy (non-hydrogen) atoms. The van der Waals surface area contributed by atoms with Gasteiger partial charge in [-0.05, 0) is 32.4 Å². The standard InChI is InChI=1S/C9H17N3O/c10-9(13)8-2-1-5-12(8)7-3-4-11-6-7/h7-8,11H,1-6H2,(H2,10,13). The van der Waals surface area contributed by atoms with Gasteiger partial charge < -0.3 is 11.1 Å². The first-order chi connectivity index (χ1) is 6.29. The van der Waals surface area contributed by atoms with Crippen molar-refractivity contribution in [3.8, 4) is 0 Å². The van der Waals surface area contributed by atoms with E-state index in [9.17, 15) is 4.79 Å². The fraction of sp³-hybridized carbons (Fsp3) is 0.889. The summed E-state index contributed by atoms with van der Waals surface area (Å²) in [6.07, 6.45) is 3.22. The van der Waals surface area contributed by atoms with Gasteiger partial charge in [-0.2, -0.15) is 0 Å². The van der Waals surface area contributed by atoms with Gasteiger partial charge in [0.15, 0.2) is 0 Å². The highest BCUT2D eigenvalue weighted by Crippen LogP contribution is 2.22. The molecular weight excluding hydrogens is 166 g/mol. The van der Waals surface area contributed by atoms with Crippen molar-refractivity contribution in [1.82, 2.24) is 10.2 Å². The third-order valence-corrected chi connectivity index (χ3v) is 3.13. The van der Waals surface area contributed by atoms with Gasteiger partial charge in [0.25, 0.3) is 0 Å². The van der Waals surface area contributed by atoms with E-state index in [1.54, 1.807) is 0 Å². The number of carbonyl (C=O) groups excluding carboxylic acids is 1. The zero-order valence-electron chi connectivity index (χ0n) is 7.83. The maximum atomic E-state index is 11.1. The lowest BCUT2D eigenvalue weighted by Crippen LogP contribution is -2.46. The molecule has 2 heterocycles. The third-order valence-electron chi connectivity index (χ3n) is 3.13. The summed E-state index contributed by atoms with van der Waals surface area (Å²) in [5.41, 5.74) is 5.35. The molecule has 0 aromatic rings. The van der Waals surface area contributed by atoms with Crippen molar-refractivity contribution in [2.24, 2.45) is 5.73 Å².